The number of rotatable bonds is 5. The number of aliphatic hydroxyl groups is 1. The highest BCUT2D eigenvalue weighted by Gasteiger charge is 2.25. The zero-order chi connectivity index (χ0) is 13.0. The molecule has 1 aromatic heterocycles. The number of carbonyl (C=O) groups excluding carboxylic acids is 1. The Hall–Kier alpha value is -2.16. The van der Waals surface area contributed by atoms with Crippen molar-refractivity contribution in [1.82, 2.24) is 9.78 Å². The van der Waals surface area contributed by atoms with Gasteiger partial charge in [-0.05, 0) is 0 Å². The van der Waals surface area contributed by atoms with Crippen molar-refractivity contribution in [2.45, 2.75) is 6.04 Å². The highest BCUT2D eigenvalue weighted by Crippen LogP contribution is 2.22. The smallest absolute Gasteiger partial charge is 0.330 e. The van der Waals surface area contributed by atoms with Gasteiger partial charge in [-0.2, -0.15) is 0 Å². The fourth-order valence-corrected chi connectivity index (χ4v) is 1.20. The van der Waals surface area contributed by atoms with Crippen molar-refractivity contribution in [2.75, 3.05) is 19.0 Å². The lowest BCUT2D eigenvalue weighted by Gasteiger charge is -2.12. The number of anilines is 1. The number of aliphatic hydroxyl groups excluding tert-OH is 1. The fraction of sp³-hybridized carbons (Fsp3) is 0.500. The summed E-state index contributed by atoms with van der Waals surface area (Å²) in [6.45, 7) is -0.555. The van der Waals surface area contributed by atoms with Crippen molar-refractivity contribution >= 4 is 17.5 Å². The lowest BCUT2D eigenvalue weighted by Crippen LogP contribution is -2.34. The van der Waals surface area contributed by atoms with E-state index >= 15 is 0 Å². The van der Waals surface area contributed by atoms with Crippen LogP contribution in [0.25, 0.3) is 0 Å². The second-order valence-corrected chi connectivity index (χ2v) is 3.20. The Morgan fingerprint density at radius 2 is 2.47 bits per heavy atom. The average Bonchev–Trinajstić information content (AvgIpc) is 2.66. The molecule has 1 rings (SSSR count). The molecule has 94 valence electrons. The summed E-state index contributed by atoms with van der Waals surface area (Å²) >= 11 is 0. The number of nitro groups is 1. The third-order valence-electron chi connectivity index (χ3n) is 1.99. The monoisotopic (exact) mass is 244 g/mol. The minimum absolute atomic E-state index is 0.0954. The highest BCUT2D eigenvalue weighted by atomic mass is 16.6. The van der Waals surface area contributed by atoms with Gasteiger partial charge in [0, 0.05) is 7.05 Å². The van der Waals surface area contributed by atoms with Crippen molar-refractivity contribution in [3.63, 3.8) is 0 Å². The lowest BCUT2D eigenvalue weighted by molar-refractivity contribution is -0.384. The van der Waals surface area contributed by atoms with Gasteiger partial charge in [-0.15, -0.1) is 5.10 Å². The maximum Gasteiger partial charge on any atom is 0.330 e. The first-order chi connectivity index (χ1) is 7.99. The van der Waals surface area contributed by atoms with Crippen LogP contribution in [0.1, 0.15) is 0 Å². The average molecular weight is 244 g/mol. The maximum atomic E-state index is 11.2. The molecule has 2 N–H and O–H groups in total. The summed E-state index contributed by atoms with van der Waals surface area (Å²) in [5, 5.41) is 25.9. The third-order valence-corrected chi connectivity index (χ3v) is 1.99. The number of hydrogen-bond acceptors (Lipinski definition) is 7. The van der Waals surface area contributed by atoms with E-state index in [0.29, 0.717) is 0 Å². The zero-order valence-corrected chi connectivity index (χ0v) is 9.28. The maximum absolute atomic E-state index is 11.2. The van der Waals surface area contributed by atoms with Crippen LogP contribution < -0.4 is 5.32 Å². The van der Waals surface area contributed by atoms with Gasteiger partial charge in [0.25, 0.3) is 0 Å². The standard InChI is InChI=1S/C8H12N4O5/c1-11-3-6(12(15)16)7(10-11)9-5(4-13)8(14)17-2/h3,5,13H,4H2,1-2H3,(H,9,10). The molecule has 0 aromatic carbocycles. The predicted molar refractivity (Wildman–Crippen MR) is 56.4 cm³/mol. The number of aryl methyl sites for hydroxylation is 1. The van der Waals surface area contributed by atoms with Crippen molar-refractivity contribution < 1.29 is 19.6 Å². The molecular formula is C8H12N4O5. The Kier molecular flexibility index (Phi) is 3.99. The van der Waals surface area contributed by atoms with E-state index in [-0.39, 0.29) is 11.5 Å². The van der Waals surface area contributed by atoms with E-state index in [9.17, 15) is 14.9 Å². The van der Waals surface area contributed by atoms with Gasteiger partial charge in [-0.1, -0.05) is 0 Å². The van der Waals surface area contributed by atoms with E-state index < -0.39 is 23.5 Å². The van der Waals surface area contributed by atoms with Gasteiger partial charge in [0.05, 0.1) is 18.6 Å². The van der Waals surface area contributed by atoms with Gasteiger partial charge in [-0.25, -0.2) is 4.79 Å². The first-order valence-electron chi connectivity index (χ1n) is 4.62. The Balaban J connectivity index is 2.93. The number of ether oxygens (including phenoxy) is 1. The van der Waals surface area contributed by atoms with Crippen molar-refractivity contribution in [2.24, 2.45) is 7.05 Å². The van der Waals surface area contributed by atoms with E-state index in [4.69, 9.17) is 5.11 Å². The topological polar surface area (TPSA) is 120 Å². The molecule has 0 radical (unpaired) electrons. The minimum atomic E-state index is -1.09. The summed E-state index contributed by atoms with van der Waals surface area (Å²) in [7, 11) is 2.66. The van der Waals surface area contributed by atoms with Crippen LogP contribution in [0.15, 0.2) is 6.20 Å². The number of esters is 1. The van der Waals surface area contributed by atoms with Crippen LogP contribution >= 0.6 is 0 Å². The summed E-state index contributed by atoms with van der Waals surface area (Å²) in [6.07, 6.45) is 1.19. The quantitative estimate of drug-likeness (QED) is 0.398. The van der Waals surface area contributed by atoms with E-state index in [1.54, 1.807) is 0 Å². The van der Waals surface area contributed by atoms with E-state index in [0.717, 1.165) is 7.11 Å². The molecule has 0 amide bonds. The summed E-state index contributed by atoms with van der Waals surface area (Å²) in [5.41, 5.74) is -0.283. The summed E-state index contributed by atoms with van der Waals surface area (Å²) < 4.78 is 5.65. The van der Waals surface area contributed by atoms with Gasteiger partial charge in [-0.3, -0.25) is 14.8 Å². The van der Waals surface area contributed by atoms with Crippen LogP contribution in [0.2, 0.25) is 0 Å². The van der Waals surface area contributed by atoms with Crippen molar-refractivity contribution in [3.8, 4) is 0 Å². The Morgan fingerprint density at radius 3 is 2.94 bits per heavy atom. The number of nitrogens with zero attached hydrogens (tertiary/aromatic N) is 3. The molecular weight excluding hydrogens is 232 g/mol. The molecule has 17 heavy (non-hydrogen) atoms. The van der Waals surface area contributed by atoms with Crippen LogP contribution in [0.3, 0.4) is 0 Å². The molecule has 1 atom stereocenters. The Labute approximate surface area is 96.1 Å². The van der Waals surface area contributed by atoms with Gasteiger partial charge >= 0.3 is 11.7 Å². The molecule has 0 saturated carbocycles. The summed E-state index contributed by atoms with van der Waals surface area (Å²) in [6, 6.07) is -1.09. The molecule has 1 heterocycles. The molecule has 0 bridgehead atoms. The normalized spacial score (nSPS) is 11.9. The van der Waals surface area contributed by atoms with Crippen LogP contribution in [0.4, 0.5) is 11.5 Å². The van der Waals surface area contributed by atoms with Crippen LogP contribution in [0.5, 0.6) is 0 Å². The first-order valence-corrected chi connectivity index (χ1v) is 4.62. The first kappa shape index (κ1) is 12.9. The number of carbonyl (C=O) groups is 1. The molecule has 0 aliphatic heterocycles. The van der Waals surface area contributed by atoms with E-state index in [2.05, 4.69) is 15.2 Å². The SMILES string of the molecule is COC(=O)C(CO)Nc1nn(C)cc1[N+](=O)[O-]. The second kappa shape index (κ2) is 5.25. The molecule has 0 fully saturated rings. The molecule has 9 heteroatoms. The van der Waals surface area contributed by atoms with Crippen LogP contribution in [-0.2, 0) is 16.6 Å². The molecule has 0 aliphatic rings. The highest BCUT2D eigenvalue weighted by molar-refractivity contribution is 5.79. The zero-order valence-electron chi connectivity index (χ0n) is 9.28. The lowest BCUT2D eigenvalue weighted by atomic mass is 10.3. The Bertz CT molecular complexity index is 430. The predicted octanol–water partition coefficient (Wildman–Crippen LogP) is -0.726. The minimum Gasteiger partial charge on any atom is -0.467 e. The molecule has 1 unspecified atom stereocenters. The fourth-order valence-electron chi connectivity index (χ4n) is 1.20. The van der Waals surface area contributed by atoms with E-state index in [1.807, 2.05) is 0 Å². The molecule has 9 nitrogen and oxygen atoms in total. The second-order valence-electron chi connectivity index (χ2n) is 3.20. The molecule has 1 aromatic rings. The molecule has 0 aliphatic carbocycles. The number of nitrogens with one attached hydrogen (secondary N) is 1. The third kappa shape index (κ3) is 2.91. The number of methoxy groups -OCH3 is 1. The summed E-state index contributed by atoms with van der Waals surface area (Å²) in [5.74, 6) is -0.825. The molecule has 0 saturated heterocycles. The van der Waals surface area contributed by atoms with Gasteiger partial charge in [0.15, 0.2) is 0 Å². The summed E-state index contributed by atoms with van der Waals surface area (Å²) in [4.78, 5) is 21.2. The van der Waals surface area contributed by atoms with Crippen molar-refractivity contribution in [3.05, 3.63) is 16.3 Å². The number of hydrogen-bond donors (Lipinski definition) is 2. The molecule has 0 spiro atoms. The van der Waals surface area contributed by atoms with Gasteiger partial charge in [0.2, 0.25) is 5.82 Å². The van der Waals surface area contributed by atoms with Crippen LogP contribution in [0, 0.1) is 10.1 Å². The Morgan fingerprint density at radius 1 is 1.82 bits per heavy atom. The number of aromatic nitrogens is 2. The van der Waals surface area contributed by atoms with Crippen molar-refractivity contribution in [1.29, 1.82) is 0 Å². The van der Waals surface area contributed by atoms with Gasteiger partial charge < -0.3 is 15.2 Å². The van der Waals surface area contributed by atoms with Crippen LogP contribution in [-0.4, -0.2) is 45.5 Å². The van der Waals surface area contributed by atoms with E-state index in [1.165, 1.54) is 17.9 Å². The largest absolute Gasteiger partial charge is 0.467 e. The van der Waals surface area contributed by atoms with Gasteiger partial charge in [0.1, 0.15) is 12.2 Å².